The van der Waals surface area contributed by atoms with Crippen molar-refractivity contribution in [2.75, 3.05) is 25.5 Å². The van der Waals surface area contributed by atoms with E-state index in [9.17, 15) is 9.59 Å². The first-order chi connectivity index (χ1) is 13.6. The summed E-state index contributed by atoms with van der Waals surface area (Å²) in [5.74, 6) is 0.168. The van der Waals surface area contributed by atoms with Crippen LogP contribution < -0.4 is 10.6 Å². The van der Waals surface area contributed by atoms with Gasteiger partial charge in [-0.05, 0) is 43.4 Å². The molecule has 0 spiro atoms. The topological polar surface area (TPSA) is 67.4 Å². The highest BCUT2D eigenvalue weighted by Gasteiger charge is 2.19. The van der Waals surface area contributed by atoms with Crippen molar-refractivity contribution in [1.29, 1.82) is 0 Å². The van der Waals surface area contributed by atoms with Crippen LogP contribution in [-0.2, 0) is 20.7 Å². The van der Waals surface area contributed by atoms with Gasteiger partial charge in [0.15, 0.2) is 0 Å². The molecule has 1 atom stereocenters. The standard InChI is InChI=1S/C22H36N2O3S/c1-4-6-9-19-10-12-20(13-11-19)28-17-21(24-18(3)25)22(26)23-14-8-16-27-15-7-5-2/h10-13,21H,4-9,14-17H2,1-3H3,(H,23,26)(H,24,25). The molecule has 0 saturated heterocycles. The Labute approximate surface area is 174 Å². The lowest BCUT2D eigenvalue weighted by atomic mass is 10.1. The summed E-state index contributed by atoms with van der Waals surface area (Å²) < 4.78 is 5.50. The van der Waals surface area contributed by atoms with Crippen molar-refractivity contribution in [3.05, 3.63) is 29.8 Å². The highest BCUT2D eigenvalue weighted by molar-refractivity contribution is 7.99. The predicted molar refractivity (Wildman–Crippen MR) is 117 cm³/mol. The number of rotatable bonds is 15. The molecular formula is C22H36N2O3S. The molecule has 0 radical (unpaired) electrons. The Hall–Kier alpha value is -1.53. The van der Waals surface area contributed by atoms with E-state index in [2.05, 4.69) is 48.7 Å². The molecule has 2 N–H and O–H groups in total. The summed E-state index contributed by atoms with van der Waals surface area (Å²) in [4.78, 5) is 25.0. The average molecular weight is 409 g/mol. The molecule has 0 aliphatic carbocycles. The van der Waals surface area contributed by atoms with E-state index in [1.54, 1.807) is 11.8 Å². The number of hydrogen-bond donors (Lipinski definition) is 2. The zero-order chi connectivity index (χ0) is 20.6. The van der Waals surface area contributed by atoms with Crippen molar-refractivity contribution in [3.63, 3.8) is 0 Å². The molecule has 0 fully saturated rings. The van der Waals surface area contributed by atoms with Gasteiger partial charge in [-0.2, -0.15) is 0 Å². The van der Waals surface area contributed by atoms with E-state index < -0.39 is 6.04 Å². The summed E-state index contributed by atoms with van der Waals surface area (Å²) in [7, 11) is 0. The zero-order valence-electron chi connectivity index (χ0n) is 17.6. The summed E-state index contributed by atoms with van der Waals surface area (Å²) in [6.45, 7) is 7.73. The van der Waals surface area contributed by atoms with Crippen molar-refractivity contribution in [2.24, 2.45) is 0 Å². The van der Waals surface area contributed by atoms with Gasteiger partial charge in [-0.15, -0.1) is 11.8 Å². The van der Waals surface area contributed by atoms with Crippen LogP contribution in [0.3, 0.4) is 0 Å². The molecule has 2 amide bonds. The third-order valence-corrected chi connectivity index (χ3v) is 5.37. The molecule has 0 aromatic heterocycles. The lowest BCUT2D eigenvalue weighted by Crippen LogP contribution is -2.47. The van der Waals surface area contributed by atoms with Crippen LogP contribution in [-0.4, -0.2) is 43.4 Å². The van der Waals surface area contributed by atoms with E-state index in [0.29, 0.717) is 18.9 Å². The molecule has 0 aliphatic rings. The fourth-order valence-electron chi connectivity index (χ4n) is 2.60. The van der Waals surface area contributed by atoms with Crippen LogP contribution in [0.15, 0.2) is 29.2 Å². The van der Waals surface area contributed by atoms with Gasteiger partial charge in [-0.25, -0.2) is 0 Å². The minimum Gasteiger partial charge on any atom is -0.381 e. The largest absolute Gasteiger partial charge is 0.381 e. The predicted octanol–water partition coefficient (Wildman–Crippen LogP) is 3.95. The van der Waals surface area contributed by atoms with Gasteiger partial charge in [0, 0.05) is 37.3 Å². The second-order valence-corrected chi connectivity index (χ2v) is 8.02. The van der Waals surface area contributed by atoms with Gasteiger partial charge in [0.05, 0.1) is 0 Å². The molecule has 158 valence electrons. The van der Waals surface area contributed by atoms with Crippen LogP contribution in [0.5, 0.6) is 0 Å². The zero-order valence-corrected chi connectivity index (χ0v) is 18.4. The maximum atomic E-state index is 12.4. The molecule has 0 saturated carbocycles. The summed E-state index contributed by atoms with van der Waals surface area (Å²) in [5.41, 5.74) is 1.34. The van der Waals surface area contributed by atoms with E-state index in [1.807, 2.05) is 0 Å². The Morgan fingerprint density at radius 3 is 2.36 bits per heavy atom. The van der Waals surface area contributed by atoms with E-state index in [0.717, 1.165) is 37.2 Å². The molecule has 0 aliphatic heterocycles. The first kappa shape index (κ1) is 24.5. The monoisotopic (exact) mass is 408 g/mol. The normalized spacial score (nSPS) is 11.8. The lowest BCUT2D eigenvalue weighted by molar-refractivity contribution is -0.127. The van der Waals surface area contributed by atoms with Gasteiger partial charge in [-0.3, -0.25) is 9.59 Å². The van der Waals surface area contributed by atoms with E-state index in [1.165, 1.54) is 25.3 Å². The molecule has 1 aromatic carbocycles. The van der Waals surface area contributed by atoms with Crippen LogP contribution in [0.25, 0.3) is 0 Å². The van der Waals surface area contributed by atoms with Gasteiger partial charge in [0.25, 0.3) is 0 Å². The fraction of sp³-hybridized carbons (Fsp3) is 0.636. The third kappa shape index (κ3) is 11.3. The Bertz CT molecular complexity index is 563. The number of amides is 2. The molecule has 28 heavy (non-hydrogen) atoms. The van der Waals surface area contributed by atoms with Gasteiger partial charge in [0.1, 0.15) is 6.04 Å². The second-order valence-electron chi connectivity index (χ2n) is 6.92. The maximum Gasteiger partial charge on any atom is 0.243 e. The molecule has 1 aromatic rings. The van der Waals surface area contributed by atoms with Crippen LogP contribution in [0.4, 0.5) is 0 Å². The Kier molecular flexibility index (Phi) is 13.5. The lowest BCUT2D eigenvalue weighted by Gasteiger charge is -2.17. The average Bonchev–Trinajstić information content (AvgIpc) is 2.69. The number of carbonyl (C=O) groups excluding carboxylic acids is 2. The van der Waals surface area contributed by atoms with Gasteiger partial charge < -0.3 is 15.4 Å². The maximum absolute atomic E-state index is 12.4. The summed E-state index contributed by atoms with van der Waals surface area (Å²) in [6.07, 6.45) is 6.44. The van der Waals surface area contributed by atoms with Crippen LogP contribution >= 0.6 is 11.8 Å². The van der Waals surface area contributed by atoms with Crippen LogP contribution in [0.2, 0.25) is 0 Å². The van der Waals surface area contributed by atoms with Crippen LogP contribution in [0.1, 0.15) is 58.4 Å². The number of carbonyl (C=O) groups is 2. The first-order valence-corrected chi connectivity index (χ1v) is 11.4. The highest BCUT2D eigenvalue weighted by atomic mass is 32.2. The fourth-order valence-corrected chi connectivity index (χ4v) is 3.52. The molecule has 1 rings (SSSR count). The SMILES string of the molecule is CCCCOCCCNC(=O)C(CSc1ccc(CCCC)cc1)NC(C)=O. The molecule has 0 bridgehead atoms. The number of benzene rings is 1. The molecule has 5 nitrogen and oxygen atoms in total. The van der Waals surface area contributed by atoms with Gasteiger partial charge >= 0.3 is 0 Å². The van der Waals surface area contributed by atoms with E-state index in [-0.39, 0.29) is 11.8 Å². The molecule has 0 heterocycles. The molecule has 1 unspecified atom stereocenters. The molecular weight excluding hydrogens is 372 g/mol. The van der Waals surface area contributed by atoms with Crippen molar-refractivity contribution in [2.45, 2.75) is 70.2 Å². The van der Waals surface area contributed by atoms with E-state index >= 15 is 0 Å². The number of unbranched alkanes of at least 4 members (excludes halogenated alkanes) is 2. The number of hydrogen-bond acceptors (Lipinski definition) is 4. The van der Waals surface area contributed by atoms with Crippen molar-refractivity contribution in [1.82, 2.24) is 10.6 Å². The van der Waals surface area contributed by atoms with Crippen molar-refractivity contribution in [3.8, 4) is 0 Å². The minimum absolute atomic E-state index is 0.143. The minimum atomic E-state index is -0.539. The van der Waals surface area contributed by atoms with E-state index in [4.69, 9.17) is 4.74 Å². The summed E-state index contributed by atoms with van der Waals surface area (Å²) in [6, 6.07) is 7.93. The van der Waals surface area contributed by atoms with Crippen molar-refractivity contribution < 1.29 is 14.3 Å². The Morgan fingerprint density at radius 2 is 1.71 bits per heavy atom. The number of nitrogens with one attached hydrogen (secondary N) is 2. The Morgan fingerprint density at radius 1 is 1.04 bits per heavy atom. The quantitative estimate of drug-likeness (QED) is 0.341. The van der Waals surface area contributed by atoms with Crippen molar-refractivity contribution >= 4 is 23.6 Å². The smallest absolute Gasteiger partial charge is 0.243 e. The highest BCUT2D eigenvalue weighted by Crippen LogP contribution is 2.20. The number of thioether (sulfide) groups is 1. The Balaban J connectivity index is 2.40. The summed E-state index contributed by atoms with van der Waals surface area (Å²) >= 11 is 1.58. The number of ether oxygens (including phenoxy) is 1. The summed E-state index contributed by atoms with van der Waals surface area (Å²) in [5, 5.41) is 5.66. The third-order valence-electron chi connectivity index (χ3n) is 4.26. The van der Waals surface area contributed by atoms with Crippen LogP contribution in [0, 0.1) is 0 Å². The molecule has 6 heteroatoms. The second kappa shape index (κ2) is 15.4. The van der Waals surface area contributed by atoms with Gasteiger partial charge in [-0.1, -0.05) is 38.8 Å². The number of aryl methyl sites for hydroxylation is 1. The first-order valence-electron chi connectivity index (χ1n) is 10.4. The van der Waals surface area contributed by atoms with Gasteiger partial charge in [0.2, 0.25) is 11.8 Å².